The lowest BCUT2D eigenvalue weighted by Gasteiger charge is -2.15. The molecule has 3 heteroatoms. The molecule has 0 amide bonds. The number of carbonyl (C=O) groups excluding carboxylic acids is 2. The molecule has 0 saturated heterocycles. The molecular weight excluding hydrogens is 274 g/mol. The first-order valence-electron chi connectivity index (χ1n) is 6.99. The van der Waals surface area contributed by atoms with Gasteiger partial charge >= 0.3 is 0 Å². The van der Waals surface area contributed by atoms with Crippen LogP contribution < -0.4 is 0 Å². The number of hydrogen-bond acceptors (Lipinski definition) is 3. The van der Waals surface area contributed by atoms with Crippen LogP contribution in [0.4, 0.5) is 0 Å². The third-order valence-electron chi connectivity index (χ3n) is 3.86. The lowest BCUT2D eigenvalue weighted by Crippen LogP contribution is -2.16. The third-order valence-corrected chi connectivity index (χ3v) is 3.86. The number of Topliss-reactive ketones (excluding diaryl/α,β-unsaturated/α-hetero) is 1. The number of allylic oxidation sites excluding steroid dienone is 2. The van der Waals surface area contributed by atoms with Crippen LogP contribution >= 0.6 is 0 Å². The molecule has 3 nitrogen and oxygen atoms in total. The van der Waals surface area contributed by atoms with E-state index < -0.39 is 0 Å². The molecule has 3 aromatic rings. The lowest BCUT2D eigenvalue weighted by molar-refractivity contribution is 0.100. The van der Waals surface area contributed by atoms with E-state index in [0.29, 0.717) is 22.3 Å². The normalized spacial score (nSPS) is 13.9. The monoisotopic (exact) mass is 285 g/mol. The van der Waals surface area contributed by atoms with Gasteiger partial charge in [-0.25, -0.2) is 0 Å². The van der Waals surface area contributed by atoms with Gasteiger partial charge in [-0.05, 0) is 18.2 Å². The topological polar surface area (TPSA) is 47.0 Å². The van der Waals surface area contributed by atoms with Crippen LogP contribution in [0.1, 0.15) is 26.3 Å². The summed E-state index contributed by atoms with van der Waals surface area (Å²) in [5.74, 6) is -0.273. The van der Waals surface area contributed by atoms with Crippen LogP contribution in [0, 0.1) is 0 Å². The summed E-state index contributed by atoms with van der Waals surface area (Å²) in [6.45, 7) is 0. The van der Waals surface area contributed by atoms with Gasteiger partial charge in [-0.3, -0.25) is 14.6 Å². The Morgan fingerprint density at radius 1 is 0.818 bits per heavy atom. The maximum absolute atomic E-state index is 12.7. The molecule has 1 aliphatic carbocycles. The van der Waals surface area contributed by atoms with Gasteiger partial charge in [0.25, 0.3) is 0 Å². The average Bonchev–Trinajstić information content (AvgIpc) is 2.58. The Morgan fingerprint density at radius 2 is 1.55 bits per heavy atom. The highest BCUT2D eigenvalue weighted by Crippen LogP contribution is 2.28. The minimum absolute atomic E-state index is 0.132. The summed E-state index contributed by atoms with van der Waals surface area (Å²) in [6.07, 6.45) is 3.06. The van der Waals surface area contributed by atoms with Crippen molar-refractivity contribution in [3.05, 3.63) is 83.6 Å². The Morgan fingerprint density at radius 3 is 2.41 bits per heavy atom. The number of ketones is 2. The molecule has 0 bridgehead atoms. The highest BCUT2D eigenvalue weighted by molar-refractivity contribution is 6.38. The summed E-state index contributed by atoms with van der Waals surface area (Å²) >= 11 is 0. The van der Waals surface area contributed by atoms with Gasteiger partial charge in [-0.1, -0.05) is 42.5 Å². The molecule has 104 valence electrons. The largest absolute Gasteiger partial charge is 0.289 e. The van der Waals surface area contributed by atoms with Crippen LogP contribution in [0.5, 0.6) is 0 Å². The summed E-state index contributed by atoms with van der Waals surface area (Å²) in [7, 11) is 0. The molecule has 0 fully saturated rings. The van der Waals surface area contributed by atoms with Gasteiger partial charge in [-0.15, -0.1) is 0 Å². The van der Waals surface area contributed by atoms with Crippen LogP contribution in [0.15, 0.2) is 66.9 Å². The quantitative estimate of drug-likeness (QED) is 0.685. The minimum atomic E-state index is -0.140. The summed E-state index contributed by atoms with van der Waals surface area (Å²) in [6, 6.07) is 16.5. The van der Waals surface area contributed by atoms with Crippen molar-refractivity contribution in [3.8, 4) is 0 Å². The van der Waals surface area contributed by atoms with Crippen LogP contribution in [0.2, 0.25) is 0 Å². The fourth-order valence-corrected chi connectivity index (χ4v) is 2.75. The molecule has 1 aromatic heterocycles. The van der Waals surface area contributed by atoms with Crippen LogP contribution in [-0.2, 0) is 0 Å². The average molecular weight is 285 g/mol. The fraction of sp³-hybridized carbons (Fsp3) is 0. The van der Waals surface area contributed by atoms with Gasteiger partial charge in [0.05, 0.1) is 5.52 Å². The number of benzene rings is 2. The number of rotatable bonds is 1. The van der Waals surface area contributed by atoms with Crippen molar-refractivity contribution < 1.29 is 9.59 Å². The molecule has 2 aromatic carbocycles. The second kappa shape index (κ2) is 4.74. The van der Waals surface area contributed by atoms with Crippen molar-refractivity contribution in [2.24, 2.45) is 0 Å². The fourth-order valence-electron chi connectivity index (χ4n) is 2.75. The van der Waals surface area contributed by atoms with Gasteiger partial charge in [-0.2, -0.15) is 0 Å². The van der Waals surface area contributed by atoms with Crippen molar-refractivity contribution in [1.82, 2.24) is 4.98 Å². The van der Waals surface area contributed by atoms with E-state index in [1.165, 1.54) is 6.08 Å². The number of pyridine rings is 1. The summed E-state index contributed by atoms with van der Waals surface area (Å²) < 4.78 is 0. The van der Waals surface area contributed by atoms with Gasteiger partial charge in [0, 0.05) is 33.8 Å². The van der Waals surface area contributed by atoms with Crippen LogP contribution in [0.25, 0.3) is 16.5 Å². The van der Waals surface area contributed by atoms with Gasteiger partial charge in [0.15, 0.2) is 11.6 Å². The molecule has 4 rings (SSSR count). The molecule has 0 aliphatic heterocycles. The van der Waals surface area contributed by atoms with E-state index in [0.717, 1.165) is 10.9 Å². The molecule has 0 radical (unpaired) electrons. The Labute approximate surface area is 126 Å². The van der Waals surface area contributed by atoms with E-state index in [1.807, 2.05) is 30.3 Å². The molecule has 0 atom stereocenters. The first kappa shape index (κ1) is 12.7. The van der Waals surface area contributed by atoms with E-state index in [9.17, 15) is 9.59 Å². The van der Waals surface area contributed by atoms with Crippen molar-refractivity contribution >= 4 is 28.0 Å². The van der Waals surface area contributed by atoms with Crippen LogP contribution in [0.3, 0.4) is 0 Å². The summed E-state index contributed by atoms with van der Waals surface area (Å²) in [5.41, 5.74) is 2.86. The maximum atomic E-state index is 12.7. The predicted octanol–water partition coefficient (Wildman–Crippen LogP) is 3.70. The standard InChI is InChI=1S/C19H11NO2/c21-18-10-16(19(22)15-7-3-2-6-14(15)18)13-9-12-5-1-4-8-17(12)20-11-13/h1-11H. The van der Waals surface area contributed by atoms with Crippen molar-refractivity contribution in [2.75, 3.05) is 0 Å². The molecule has 1 heterocycles. The molecule has 0 spiro atoms. The van der Waals surface area contributed by atoms with Gasteiger partial charge < -0.3 is 0 Å². The molecule has 22 heavy (non-hydrogen) atoms. The summed E-state index contributed by atoms with van der Waals surface area (Å²) in [5, 5.41) is 0.944. The molecule has 1 aliphatic rings. The lowest BCUT2D eigenvalue weighted by atomic mass is 9.86. The van der Waals surface area contributed by atoms with E-state index in [-0.39, 0.29) is 11.6 Å². The zero-order chi connectivity index (χ0) is 15.1. The zero-order valence-corrected chi connectivity index (χ0v) is 11.6. The first-order valence-corrected chi connectivity index (χ1v) is 6.99. The molecule has 0 unspecified atom stereocenters. The SMILES string of the molecule is O=C1C=C(c2cnc3ccccc3c2)C(=O)c2ccccc21. The first-order chi connectivity index (χ1) is 10.7. The molecular formula is C19H11NO2. The Balaban J connectivity index is 1.88. The number of para-hydroxylation sites is 1. The summed E-state index contributed by atoms with van der Waals surface area (Å²) in [4.78, 5) is 29.2. The van der Waals surface area contributed by atoms with E-state index in [2.05, 4.69) is 4.98 Å². The highest BCUT2D eigenvalue weighted by atomic mass is 16.1. The van der Waals surface area contributed by atoms with Crippen molar-refractivity contribution in [3.63, 3.8) is 0 Å². The zero-order valence-electron chi connectivity index (χ0n) is 11.6. The van der Waals surface area contributed by atoms with Gasteiger partial charge in [0.2, 0.25) is 0 Å². The smallest absolute Gasteiger partial charge is 0.194 e. The number of fused-ring (bicyclic) bond motifs is 2. The molecule has 0 N–H and O–H groups in total. The van der Waals surface area contributed by atoms with Gasteiger partial charge in [0.1, 0.15) is 0 Å². The number of nitrogens with zero attached hydrogens (tertiary/aromatic N) is 1. The molecule has 0 saturated carbocycles. The van der Waals surface area contributed by atoms with E-state index in [4.69, 9.17) is 0 Å². The van der Waals surface area contributed by atoms with Crippen molar-refractivity contribution in [1.29, 1.82) is 0 Å². The number of hydrogen-bond donors (Lipinski definition) is 0. The van der Waals surface area contributed by atoms with Crippen LogP contribution in [-0.4, -0.2) is 16.6 Å². The van der Waals surface area contributed by atoms with Crippen molar-refractivity contribution in [2.45, 2.75) is 0 Å². The highest BCUT2D eigenvalue weighted by Gasteiger charge is 2.26. The second-order valence-electron chi connectivity index (χ2n) is 5.21. The Hall–Kier alpha value is -3.07. The van der Waals surface area contributed by atoms with E-state index >= 15 is 0 Å². The maximum Gasteiger partial charge on any atom is 0.194 e. The Bertz CT molecular complexity index is 970. The number of carbonyl (C=O) groups is 2. The second-order valence-corrected chi connectivity index (χ2v) is 5.21. The number of aromatic nitrogens is 1. The predicted molar refractivity (Wildman–Crippen MR) is 84.8 cm³/mol. The minimum Gasteiger partial charge on any atom is -0.289 e. The van der Waals surface area contributed by atoms with E-state index in [1.54, 1.807) is 30.5 Å². The Kier molecular flexibility index (Phi) is 2.73. The third kappa shape index (κ3) is 1.87.